The standard InChI is InChI=1S/C14H18O2/c1-9-4-6-14(10(2)8-15)7-5-12(16)13(14)11(9)3/h8-9H,2,4-7H2,1,3H3/t9?,14-/m0/s1. The Labute approximate surface area is 96.4 Å². The van der Waals surface area contributed by atoms with Crippen LogP contribution in [0.15, 0.2) is 23.3 Å². The fraction of sp³-hybridized carbons (Fsp3) is 0.571. The molecule has 1 unspecified atom stereocenters. The lowest BCUT2D eigenvalue weighted by molar-refractivity contribution is -0.114. The average Bonchev–Trinajstić information content (AvgIpc) is 2.62. The van der Waals surface area contributed by atoms with Gasteiger partial charge in [0.05, 0.1) is 0 Å². The number of carbonyl (C=O) groups is 2. The molecule has 0 aliphatic heterocycles. The summed E-state index contributed by atoms with van der Waals surface area (Å²) in [6.07, 6.45) is 4.15. The molecule has 0 aromatic heterocycles. The Hall–Kier alpha value is -1.18. The van der Waals surface area contributed by atoms with E-state index in [1.807, 2.05) is 6.92 Å². The minimum Gasteiger partial charge on any atom is -0.298 e. The van der Waals surface area contributed by atoms with Crippen LogP contribution in [-0.4, -0.2) is 12.1 Å². The molecule has 1 fully saturated rings. The molecule has 0 N–H and O–H groups in total. The first-order chi connectivity index (χ1) is 7.53. The van der Waals surface area contributed by atoms with Crippen molar-refractivity contribution in [3.63, 3.8) is 0 Å². The lowest BCUT2D eigenvalue weighted by atomic mass is 9.65. The Morgan fingerprint density at radius 1 is 1.50 bits per heavy atom. The normalized spacial score (nSPS) is 33.9. The zero-order valence-electron chi connectivity index (χ0n) is 10.0. The highest BCUT2D eigenvalue weighted by atomic mass is 16.1. The Morgan fingerprint density at radius 2 is 2.19 bits per heavy atom. The van der Waals surface area contributed by atoms with Crippen LogP contribution >= 0.6 is 0 Å². The zero-order valence-corrected chi connectivity index (χ0v) is 10.0. The number of ketones is 1. The van der Waals surface area contributed by atoms with Crippen molar-refractivity contribution in [2.45, 2.75) is 39.5 Å². The molecule has 86 valence electrons. The van der Waals surface area contributed by atoms with Crippen LogP contribution in [0.3, 0.4) is 0 Å². The zero-order chi connectivity index (χ0) is 11.9. The van der Waals surface area contributed by atoms with Crippen molar-refractivity contribution in [1.29, 1.82) is 0 Å². The molecule has 0 aromatic rings. The van der Waals surface area contributed by atoms with Gasteiger partial charge in [-0.05, 0) is 37.7 Å². The van der Waals surface area contributed by atoms with Crippen molar-refractivity contribution in [3.05, 3.63) is 23.3 Å². The van der Waals surface area contributed by atoms with E-state index in [1.165, 1.54) is 5.57 Å². The molecule has 2 nitrogen and oxygen atoms in total. The van der Waals surface area contributed by atoms with E-state index in [0.717, 1.165) is 31.1 Å². The number of hydrogen-bond acceptors (Lipinski definition) is 2. The third-order valence-corrected chi connectivity index (χ3v) is 4.43. The monoisotopic (exact) mass is 218 g/mol. The average molecular weight is 218 g/mol. The molecule has 0 bridgehead atoms. The Balaban J connectivity index is 2.58. The predicted octanol–water partition coefficient (Wildman–Crippen LogP) is 2.84. The van der Waals surface area contributed by atoms with Gasteiger partial charge in [0.25, 0.3) is 0 Å². The van der Waals surface area contributed by atoms with Crippen molar-refractivity contribution in [2.75, 3.05) is 0 Å². The second-order valence-corrected chi connectivity index (χ2v) is 5.15. The number of Topliss-reactive ketones (excluding diaryl/α,β-unsaturated/α-hetero) is 1. The molecule has 2 atom stereocenters. The number of allylic oxidation sites excluding steroid dienone is 3. The summed E-state index contributed by atoms with van der Waals surface area (Å²) < 4.78 is 0. The molecule has 0 aromatic carbocycles. The van der Waals surface area contributed by atoms with Crippen LogP contribution in [0.4, 0.5) is 0 Å². The number of carbonyl (C=O) groups excluding carboxylic acids is 2. The molecule has 2 heteroatoms. The Bertz CT molecular complexity index is 403. The van der Waals surface area contributed by atoms with E-state index in [1.54, 1.807) is 0 Å². The maximum absolute atomic E-state index is 12.0. The van der Waals surface area contributed by atoms with Gasteiger partial charge in [0.1, 0.15) is 6.29 Å². The molecule has 2 aliphatic carbocycles. The molecular weight excluding hydrogens is 200 g/mol. The topological polar surface area (TPSA) is 34.1 Å². The third kappa shape index (κ3) is 1.32. The highest BCUT2D eigenvalue weighted by Gasteiger charge is 2.48. The number of rotatable bonds is 2. The number of aldehydes is 1. The summed E-state index contributed by atoms with van der Waals surface area (Å²) in [4.78, 5) is 23.0. The summed E-state index contributed by atoms with van der Waals surface area (Å²) in [6, 6.07) is 0. The van der Waals surface area contributed by atoms with Crippen LogP contribution in [0, 0.1) is 11.3 Å². The fourth-order valence-electron chi connectivity index (χ4n) is 3.21. The summed E-state index contributed by atoms with van der Waals surface area (Å²) in [6.45, 7) is 8.06. The van der Waals surface area contributed by atoms with Gasteiger partial charge < -0.3 is 0 Å². The molecule has 0 radical (unpaired) electrons. The van der Waals surface area contributed by atoms with Crippen molar-refractivity contribution in [2.24, 2.45) is 11.3 Å². The molecule has 0 spiro atoms. The maximum Gasteiger partial charge on any atom is 0.159 e. The summed E-state index contributed by atoms with van der Waals surface area (Å²) in [5.74, 6) is 0.691. The van der Waals surface area contributed by atoms with Crippen LogP contribution in [0.25, 0.3) is 0 Å². The van der Waals surface area contributed by atoms with Gasteiger partial charge in [0.2, 0.25) is 0 Å². The van der Waals surface area contributed by atoms with E-state index in [4.69, 9.17) is 0 Å². The summed E-state index contributed by atoms with van der Waals surface area (Å²) >= 11 is 0. The first-order valence-corrected chi connectivity index (χ1v) is 5.92. The van der Waals surface area contributed by atoms with Gasteiger partial charge >= 0.3 is 0 Å². The maximum atomic E-state index is 12.0. The van der Waals surface area contributed by atoms with Gasteiger partial charge in [0.15, 0.2) is 5.78 Å². The van der Waals surface area contributed by atoms with Gasteiger partial charge in [-0.25, -0.2) is 0 Å². The first kappa shape index (κ1) is 11.3. The molecule has 0 amide bonds. The predicted molar refractivity (Wildman–Crippen MR) is 63.0 cm³/mol. The van der Waals surface area contributed by atoms with Crippen molar-refractivity contribution in [3.8, 4) is 0 Å². The van der Waals surface area contributed by atoms with Crippen molar-refractivity contribution < 1.29 is 9.59 Å². The molecule has 0 saturated heterocycles. The molecule has 0 heterocycles. The lowest BCUT2D eigenvalue weighted by Crippen LogP contribution is -2.30. The van der Waals surface area contributed by atoms with E-state index in [9.17, 15) is 9.59 Å². The van der Waals surface area contributed by atoms with Crippen LogP contribution in [0.1, 0.15) is 39.5 Å². The first-order valence-electron chi connectivity index (χ1n) is 5.92. The molecule has 1 saturated carbocycles. The third-order valence-electron chi connectivity index (χ3n) is 4.43. The van der Waals surface area contributed by atoms with Crippen molar-refractivity contribution >= 4 is 12.1 Å². The van der Waals surface area contributed by atoms with E-state index in [-0.39, 0.29) is 11.2 Å². The van der Waals surface area contributed by atoms with Crippen LogP contribution in [0.2, 0.25) is 0 Å². The molecular formula is C14H18O2. The Kier molecular flexibility index (Phi) is 2.61. The highest BCUT2D eigenvalue weighted by Crippen LogP contribution is 2.54. The quantitative estimate of drug-likeness (QED) is 0.527. The lowest BCUT2D eigenvalue weighted by Gasteiger charge is -2.37. The summed E-state index contributed by atoms with van der Waals surface area (Å²) in [7, 11) is 0. The van der Waals surface area contributed by atoms with Crippen LogP contribution in [-0.2, 0) is 9.59 Å². The van der Waals surface area contributed by atoms with E-state index >= 15 is 0 Å². The second kappa shape index (κ2) is 3.69. The highest BCUT2D eigenvalue weighted by molar-refractivity contribution is 6.02. The SMILES string of the molecule is C=C(C=O)[C@]12CCC(=O)C1=C(C)C(C)CC2. The van der Waals surface area contributed by atoms with E-state index in [2.05, 4.69) is 13.5 Å². The van der Waals surface area contributed by atoms with E-state index in [0.29, 0.717) is 17.9 Å². The largest absolute Gasteiger partial charge is 0.298 e. The van der Waals surface area contributed by atoms with Crippen LogP contribution in [0.5, 0.6) is 0 Å². The summed E-state index contributed by atoms with van der Waals surface area (Å²) in [5.41, 5.74) is 2.37. The van der Waals surface area contributed by atoms with Gasteiger partial charge in [-0.15, -0.1) is 0 Å². The molecule has 16 heavy (non-hydrogen) atoms. The second-order valence-electron chi connectivity index (χ2n) is 5.15. The van der Waals surface area contributed by atoms with Crippen LogP contribution < -0.4 is 0 Å². The molecule has 2 rings (SSSR count). The van der Waals surface area contributed by atoms with Gasteiger partial charge in [-0.2, -0.15) is 0 Å². The van der Waals surface area contributed by atoms with Gasteiger partial charge in [0, 0.05) is 17.4 Å². The van der Waals surface area contributed by atoms with E-state index < -0.39 is 0 Å². The Morgan fingerprint density at radius 3 is 2.81 bits per heavy atom. The minimum absolute atomic E-state index is 0.229. The smallest absolute Gasteiger partial charge is 0.159 e. The number of fused-ring (bicyclic) bond motifs is 1. The van der Waals surface area contributed by atoms with Gasteiger partial charge in [-0.3, -0.25) is 9.59 Å². The minimum atomic E-state index is -0.310. The molecule has 2 aliphatic rings. The summed E-state index contributed by atoms with van der Waals surface area (Å²) in [5, 5.41) is 0. The van der Waals surface area contributed by atoms with Gasteiger partial charge in [-0.1, -0.05) is 19.1 Å². The van der Waals surface area contributed by atoms with Crippen molar-refractivity contribution in [1.82, 2.24) is 0 Å². The fourth-order valence-corrected chi connectivity index (χ4v) is 3.21. The number of hydrogen-bond donors (Lipinski definition) is 0.